The van der Waals surface area contributed by atoms with Gasteiger partial charge in [0.1, 0.15) is 0 Å². The molecule has 0 bridgehead atoms. The summed E-state index contributed by atoms with van der Waals surface area (Å²) < 4.78 is 31.3. The molecule has 0 aliphatic rings. The summed E-state index contributed by atoms with van der Waals surface area (Å²) in [6.07, 6.45) is 0. The lowest BCUT2D eigenvalue weighted by Crippen LogP contribution is -2.18. The van der Waals surface area contributed by atoms with Gasteiger partial charge in [-0.1, -0.05) is 0 Å². The lowest BCUT2D eigenvalue weighted by Gasteiger charge is -2.09. The van der Waals surface area contributed by atoms with Crippen molar-refractivity contribution in [3.05, 3.63) is 29.3 Å². The van der Waals surface area contributed by atoms with Crippen LogP contribution in [0.3, 0.4) is 0 Å². The summed E-state index contributed by atoms with van der Waals surface area (Å²) in [4.78, 5) is 11.1. The number of methoxy groups -OCH3 is 1. The zero-order chi connectivity index (χ0) is 12.8. The number of hydrogen-bond donors (Lipinski definition) is 2. The van der Waals surface area contributed by atoms with Crippen LogP contribution in [-0.4, -0.2) is 33.2 Å². The van der Waals surface area contributed by atoms with E-state index in [1.165, 1.54) is 12.1 Å². The molecule has 1 aromatic rings. The molecule has 1 rings (SSSR count). The van der Waals surface area contributed by atoms with Crippen molar-refractivity contribution in [2.24, 2.45) is 0 Å². The minimum Gasteiger partial charge on any atom is -0.465 e. The summed E-state index contributed by atoms with van der Waals surface area (Å²) in [6, 6.07) is 2.49. The Hall–Kier alpha value is -1.69. The van der Waals surface area contributed by atoms with E-state index in [2.05, 4.69) is 15.4 Å². The van der Waals surface area contributed by atoms with Crippen molar-refractivity contribution in [1.82, 2.24) is 5.32 Å². The molecule has 0 radical (unpaired) electrons. The Morgan fingerprint density at radius 1 is 1.29 bits per heavy atom. The summed E-state index contributed by atoms with van der Waals surface area (Å²) >= 11 is 0. The van der Waals surface area contributed by atoms with Crippen LogP contribution in [0.5, 0.6) is 0 Å². The summed E-state index contributed by atoms with van der Waals surface area (Å²) in [5.74, 6) is -3.18. The van der Waals surface area contributed by atoms with Gasteiger partial charge in [-0.25, -0.2) is 13.6 Å². The van der Waals surface area contributed by atoms with Gasteiger partial charge in [-0.05, 0) is 19.2 Å². The Kier molecular flexibility index (Phi) is 4.84. The van der Waals surface area contributed by atoms with Crippen molar-refractivity contribution < 1.29 is 18.3 Å². The molecule has 0 aromatic heterocycles. The summed E-state index contributed by atoms with van der Waals surface area (Å²) in [6.45, 7) is 1.06. The largest absolute Gasteiger partial charge is 0.465 e. The summed E-state index contributed by atoms with van der Waals surface area (Å²) in [5, 5.41) is 5.57. The highest BCUT2D eigenvalue weighted by molar-refractivity contribution is 5.90. The molecule has 0 spiro atoms. The first-order chi connectivity index (χ1) is 8.11. The average Bonchev–Trinajstić information content (AvgIpc) is 2.34. The van der Waals surface area contributed by atoms with Gasteiger partial charge in [-0.3, -0.25) is 0 Å². The number of hydrogen-bond acceptors (Lipinski definition) is 4. The molecule has 0 heterocycles. The number of esters is 1. The van der Waals surface area contributed by atoms with Gasteiger partial charge in [-0.2, -0.15) is 0 Å². The number of ether oxygens (including phenoxy) is 1. The monoisotopic (exact) mass is 244 g/mol. The van der Waals surface area contributed by atoms with Crippen LogP contribution in [0, 0.1) is 11.6 Å². The number of halogens is 2. The third-order valence-corrected chi connectivity index (χ3v) is 2.18. The predicted octanol–water partition coefficient (Wildman–Crippen LogP) is 1.38. The van der Waals surface area contributed by atoms with Gasteiger partial charge in [0.2, 0.25) is 0 Å². The van der Waals surface area contributed by atoms with Crippen LogP contribution in [0.25, 0.3) is 0 Å². The Balaban J connectivity index is 2.90. The quantitative estimate of drug-likeness (QED) is 0.607. The van der Waals surface area contributed by atoms with Crippen molar-refractivity contribution in [3.63, 3.8) is 0 Å². The zero-order valence-corrected chi connectivity index (χ0v) is 9.64. The highest BCUT2D eigenvalue weighted by Crippen LogP contribution is 2.20. The molecular weight excluding hydrogens is 230 g/mol. The molecule has 0 saturated carbocycles. The number of benzene rings is 1. The lowest BCUT2D eigenvalue weighted by molar-refractivity contribution is 0.0594. The number of rotatable bonds is 5. The van der Waals surface area contributed by atoms with E-state index >= 15 is 0 Å². The van der Waals surface area contributed by atoms with Gasteiger partial charge in [-0.15, -0.1) is 0 Å². The molecule has 0 saturated heterocycles. The SMILES string of the molecule is CNCCNc1ccc(C(=O)OC)c(F)c1F. The number of likely N-dealkylation sites (N-methyl/N-ethyl adjacent to an activating group) is 1. The maximum atomic E-state index is 13.5. The first kappa shape index (κ1) is 13.4. The van der Waals surface area contributed by atoms with Crippen molar-refractivity contribution in [3.8, 4) is 0 Å². The van der Waals surface area contributed by atoms with E-state index in [9.17, 15) is 13.6 Å². The van der Waals surface area contributed by atoms with E-state index in [0.29, 0.717) is 13.1 Å². The van der Waals surface area contributed by atoms with Crippen LogP contribution < -0.4 is 10.6 Å². The molecular formula is C11H14F2N2O2. The fourth-order valence-corrected chi connectivity index (χ4v) is 1.28. The van der Waals surface area contributed by atoms with E-state index in [1.807, 2.05) is 0 Å². The minimum absolute atomic E-state index is 0.0189. The first-order valence-electron chi connectivity index (χ1n) is 5.06. The van der Waals surface area contributed by atoms with E-state index in [-0.39, 0.29) is 5.69 Å². The van der Waals surface area contributed by atoms with Crippen LogP contribution in [0.2, 0.25) is 0 Å². The maximum absolute atomic E-state index is 13.5. The molecule has 0 aliphatic carbocycles. The standard InChI is InChI=1S/C11H14F2N2O2/c1-14-5-6-15-8-4-3-7(11(16)17-2)9(12)10(8)13/h3-4,14-15H,5-6H2,1-2H3. The van der Waals surface area contributed by atoms with Gasteiger partial charge >= 0.3 is 5.97 Å². The van der Waals surface area contributed by atoms with Crippen LogP contribution >= 0.6 is 0 Å². The maximum Gasteiger partial charge on any atom is 0.340 e. The molecule has 94 valence electrons. The molecule has 1 aromatic carbocycles. The van der Waals surface area contributed by atoms with E-state index in [4.69, 9.17) is 0 Å². The Morgan fingerprint density at radius 2 is 2.00 bits per heavy atom. The van der Waals surface area contributed by atoms with E-state index in [1.54, 1.807) is 7.05 Å². The normalized spacial score (nSPS) is 10.1. The van der Waals surface area contributed by atoms with Gasteiger partial charge in [0.25, 0.3) is 0 Å². The Morgan fingerprint density at radius 3 is 2.59 bits per heavy atom. The van der Waals surface area contributed by atoms with Crippen LogP contribution in [0.4, 0.5) is 14.5 Å². The van der Waals surface area contributed by atoms with E-state index in [0.717, 1.165) is 7.11 Å². The fraction of sp³-hybridized carbons (Fsp3) is 0.364. The second-order valence-electron chi connectivity index (χ2n) is 3.31. The second-order valence-corrected chi connectivity index (χ2v) is 3.31. The third-order valence-electron chi connectivity index (χ3n) is 2.18. The average molecular weight is 244 g/mol. The first-order valence-corrected chi connectivity index (χ1v) is 5.06. The number of anilines is 1. The van der Waals surface area contributed by atoms with Crippen molar-refractivity contribution in [2.45, 2.75) is 0 Å². The fourth-order valence-electron chi connectivity index (χ4n) is 1.28. The van der Waals surface area contributed by atoms with Crippen molar-refractivity contribution in [2.75, 3.05) is 32.6 Å². The topological polar surface area (TPSA) is 50.4 Å². The van der Waals surface area contributed by atoms with Gasteiger partial charge in [0.05, 0.1) is 18.4 Å². The number of nitrogens with one attached hydrogen (secondary N) is 2. The molecule has 0 amide bonds. The van der Waals surface area contributed by atoms with Gasteiger partial charge < -0.3 is 15.4 Å². The zero-order valence-electron chi connectivity index (χ0n) is 9.64. The molecule has 0 aliphatic heterocycles. The Labute approximate surface area is 98.0 Å². The highest BCUT2D eigenvalue weighted by Gasteiger charge is 2.18. The second kappa shape index (κ2) is 6.15. The predicted molar refractivity (Wildman–Crippen MR) is 60.1 cm³/mol. The van der Waals surface area contributed by atoms with Crippen molar-refractivity contribution >= 4 is 11.7 Å². The highest BCUT2D eigenvalue weighted by atomic mass is 19.2. The number of carbonyl (C=O) groups is 1. The van der Waals surface area contributed by atoms with Crippen LogP contribution in [-0.2, 0) is 4.74 Å². The smallest absolute Gasteiger partial charge is 0.340 e. The third kappa shape index (κ3) is 3.13. The van der Waals surface area contributed by atoms with E-state index < -0.39 is 23.2 Å². The van der Waals surface area contributed by atoms with Crippen LogP contribution in [0.1, 0.15) is 10.4 Å². The molecule has 2 N–H and O–H groups in total. The molecule has 6 heteroatoms. The molecule has 0 fully saturated rings. The van der Waals surface area contributed by atoms with Crippen molar-refractivity contribution in [1.29, 1.82) is 0 Å². The van der Waals surface area contributed by atoms with Gasteiger partial charge in [0, 0.05) is 13.1 Å². The lowest BCUT2D eigenvalue weighted by atomic mass is 10.2. The van der Waals surface area contributed by atoms with Crippen LogP contribution in [0.15, 0.2) is 12.1 Å². The number of carbonyl (C=O) groups excluding carboxylic acids is 1. The molecule has 0 atom stereocenters. The summed E-state index contributed by atoms with van der Waals surface area (Å²) in [7, 11) is 2.86. The van der Waals surface area contributed by atoms with Gasteiger partial charge in [0.15, 0.2) is 11.6 Å². The Bertz CT molecular complexity index is 411. The summed E-state index contributed by atoms with van der Waals surface area (Å²) in [5.41, 5.74) is -0.394. The molecule has 4 nitrogen and oxygen atoms in total. The molecule has 17 heavy (non-hydrogen) atoms. The molecule has 0 unspecified atom stereocenters. The minimum atomic E-state index is -1.20.